The molecule has 0 amide bonds. The molecule has 0 aromatic heterocycles. The molecule has 1 aromatic carbocycles. The van der Waals surface area contributed by atoms with Crippen LogP contribution < -0.4 is 5.73 Å². The van der Waals surface area contributed by atoms with Gasteiger partial charge in [-0.1, -0.05) is 41.4 Å². The van der Waals surface area contributed by atoms with Crippen molar-refractivity contribution < 1.29 is 5.11 Å². The molecular weight excluding hydrogens is 313 g/mol. The molecular formula is C11H16BrCl2NO. The minimum Gasteiger partial charge on any atom is -0.506 e. The largest absolute Gasteiger partial charge is 0.506 e. The van der Waals surface area contributed by atoms with Gasteiger partial charge >= 0.3 is 0 Å². The lowest BCUT2D eigenvalue weighted by Crippen LogP contribution is -2.13. The first-order valence-electron chi connectivity index (χ1n) is 4.86. The van der Waals surface area contributed by atoms with Crippen LogP contribution in [0, 0.1) is 5.92 Å². The predicted molar refractivity (Wildman–Crippen MR) is 74.4 cm³/mol. The van der Waals surface area contributed by atoms with E-state index >= 15 is 0 Å². The van der Waals surface area contributed by atoms with Crippen molar-refractivity contribution in [3.63, 3.8) is 0 Å². The Morgan fingerprint density at radius 2 is 2.00 bits per heavy atom. The fourth-order valence-corrected chi connectivity index (χ4v) is 2.31. The summed E-state index contributed by atoms with van der Waals surface area (Å²) >= 11 is 9.21. The van der Waals surface area contributed by atoms with E-state index in [1.807, 2.05) is 0 Å². The van der Waals surface area contributed by atoms with Gasteiger partial charge in [0.05, 0.1) is 5.02 Å². The Hall–Kier alpha value is 0.0400. The molecule has 0 aliphatic rings. The minimum absolute atomic E-state index is 0. The van der Waals surface area contributed by atoms with E-state index in [0.29, 0.717) is 16.5 Å². The molecule has 0 bridgehead atoms. The Morgan fingerprint density at radius 3 is 2.50 bits per heavy atom. The van der Waals surface area contributed by atoms with Crippen LogP contribution in [0.5, 0.6) is 5.75 Å². The number of phenolic OH excluding ortho intramolecular Hbond substituents is 1. The van der Waals surface area contributed by atoms with E-state index in [2.05, 4.69) is 29.8 Å². The van der Waals surface area contributed by atoms with Gasteiger partial charge in [0.1, 0.15) is 5.75 Å². The molecule has 1 aromatic rings. The Balaban J connectivity index is 0.00000225. The van der Waals surface area contributed by atoms with Crippen LogP contribution in [-0.4, -0.2) is 5.11 Å². The predicted octanol–water partition coefficient (Wildman–Crippen LogP) is 4.28. The van der Waals surface area contributed by atoms with Crippen molar-refractivity contribution in [2.45, 2.75) is 26.3 Å². The Kier molecular flexibility index (Phi) is 6.71. The molecule has 0 saturated carbocycles. The van der Waals surface area contributed by atoms with Gasteiger partial charge in [-0.2, -0.15) is 0 Å². The Morgan fingerprint density at radius 1 is 1.44 bits per heavy atom. The van der Waals surface area contributed by atoms with Crippen molar-refractivity contribution in [2.75, 3.05) is 0 Å². The highest BCUT2D eigenvalue weighted by molar-refractivity contribution is 9.10. The SMILES string of the molecule is CC(C)C[C@@H](N)c1c(Br)ccc(Cl)c1O.Cl. The molecule has 0 aliphatic heterocycles. The molecule has 0 spiro atoms. The van der Waals surface area contributed by atoms with Gasteiger partial charge in [0.2, 0.25) is 0 Å². The van der Waals surface area contributed by atoms with Crippen molar-refractivity contribution in [2.24, 2.45) is 11.7 Å². The lowest BCUT2D eigenvalue weighted by atomic mass is 9.97. The van der Waals surface area contributed by atoms with Gasteiger partial charge in [0.25, 0.3) is 0 Å². The van der Waals surface area contributed by atoms with Crippen molar-refractivity contribution >= 4 is 39.9 Å². The second-order valence-electron chi connectivity index (χ2n) is 4.03. The molecule has 1 atom stereocenters. The van der Waals surface area contributed by atoms with Crippen molar-refractivity contribution in [3.8, 4) is 5.75 Å². The van der Waals surface area contributed by atoms with Crippen molar-refractivity contribution in [1.29, 1.82) is 0 Å². The van der Waals surface area contributed by atoms with Gasteiger partial charge in [-0.05, 0) is 24.5 Å². The zero-order valence-electron chi connectivity index (χ0n) is 9.21. The van der Waals surface area contributed by atoms with E-state index in [-0.39, 0.29) is 24.2 Å². The maximum absolute atomic E-state index is 9.82. The average molecular weight is 329 g/mol. The maximum atomic E-state index is 9.82. The first kappa shape index (κ1) is 16.0. The summed E-state index contributed by atoms with van der Waals surface area (Å²) in [6, 6.07) is 3.25. The fourth-order valence-electron chi connectivity index (χ4n) is 1.54. The van der Waals surface area contributed by atoms with Gasteiger partial charge in [-0.3, -0.25) is 0 Å². The summed E-state index contributed by atoms with van der Waals surface area (Å²) in [6.07, 6.45) is 0.812. The molecule has 1 rings (SSSR count). The number of aromatic hydroxyl groups is 1. The van der Waals surface area contributed by atoms with Crippen LogP contribution in [0.4, 0.5) is 0 Å². The molecule has 92 valence electrons. The smallest absolute Gasteiger partial charge is 0.140 e. The molecule has 0 aliphatic carbocycles. The summed E-state index contributed by atoms with van der Waals surface area (Å²) < 4.78 is 0.803. The number of nitrogens with two attached hydrogens (primary N) is 1. The molecule has 0 radical (unpaired) electrons. The van der Waals surface area contributed by atoms with E-state index in [4.69, 9.17) is 17.3 Å². The standard InChI is InChI=1S/C11H15BrClNO.ClH/c1-6(2)5-9(14)10-7(12)3-4-8(13)11(10)15;/h3-4,6,9,15H,5,14H2,1-2H3;1H/t9-;/m1./s1. The summed E-state index contributed by atoms with van der Waals surface area (Å²) in [5.74, 6) is 0.560. The molecule has 0 heterocycles. The van der Waals surface area contributed by atoms with E-state index in [9.17, 15) is 5.11 Å². The summed E-state index contributed by atoms with van der Waals surface area (Å²) in [5, 5.41) is 10.2. The van der Waals surface area contributed by atoms with Gasteiger partial charge in [-0.15, -0.1) is 12.4 Å². The normalized spacial score (nSPS) is 12.4. The topological polar surface area (TPSA) is 46.2 Å². The van der Waals surface area contributed by atoms with Crippen LogP contribution >= 0.6 is 39.9 Å². The molecule has 5 heteroatoms. The number of phenols is 1. The van der Waals surface area contributed by atoms with E-state index in [1.165, 1.54) is 0 Å². The zero-order chi connectivity index (χ0) is 11.6. The number of rotatable bonds is 3. The summed E-state index contributed by atoms with van der Waals surface area (Å²) in [7, 11) is 0. The summed E-state index contributed by atoms with van der Waals surface area (Å²) in [6.45, 7) is 4.19. The first-order valence-corrected chi connectivity index (χ1v) is 6.03. The van der Waals surface area contributed by atoms with Gasteiger partial charge in [0.15, 0.2) is 0 Å². The second kappa shape index (κ2) is 6.70. The number of benzene rings is 1. The van der Waals surface area contributed by atoms with Crippen LogP contribution in [0.3, 0.4) is 0 Å². The quantitative estimate of drug-likeness (QED) is 0.870. The van der Waals surface area contributed by atoms with Gasteiger partial charge in [0, 0.05) is 16.1 Å². The molecule has 2 nitrogen and oxygen atoms in total. The molecule has 0 fully saturated rings. The van der Waals surface area contributed by atoms with Crippen molar-refractivity contribution in [3.05, 3.63) is 27.2 Å². The highest BCUT2D eigenvalue weighted by atomic mass is 79.9. The second-order valence-corrected chi connectivity index (χ2v) is 5.29. The molecule has 0 unspecified atom stereocenters. The third kappa shape index (κ3) is 3.81. The third-order valence-electron chi connectivity index (χ3n) is 2.21. The monoisotopic (exact) mass is 327 g/mol. The lowest BCUT2D eigenvalue weighted by Gasteiger charge is -2.18. The van der Waals surface area contributed by atoms with Gasteiger partial charge < -0.3 is 10.8 Å². The average Bonchev–Trinajstić information content (AvgIpc) is 2.11. The molecule has 3 N–H and O–H groups in total. The van der Waals surface area contributed by atoms with Crippen LogP contribution in [-0.2, 0) is 0 Å². The summed E-state index contributed by atoms with van der Waals surface area (Å²) in [5.41, 5.74) is 6.71. The Bertz CT molecular complexity index is 358. The fraction of sp³-hybridized carbons (Fsp3) is 0.455. The van der Waals surface area contributed by atoms with E-state index in [1.54, 1.807) is 12.1 Å². The first-order chi connectivity index (χ1) is 6.93. The lowest BCUT2D eigenvalue weighted by molar-refractivity contribution is 0.444. The zero-order valence-corrected chi connectivity index (χ0v) is 12.4. The van der Waals surface area contributed by atoms with Crippen LogP contribution in [0.25, 0.3) is 0 Å². The van der Waals surface area contributed by atoms with Crippen molar-refractivity contribution in [1.82, 2.24) is 0 Å². The highest BCUT2D eigenvalue weighted by Crippen LogP contribution is 2.38. The van der Waals surface area contributed by atoms with Crippen LogP contribution in [0.15, 0.2) is 16.6 Å². The number of hydrogen-bond donors (Lipinski definition) is 2. The van der Waals surface area contributed by atoms with Gasteiger partial charge in [-0.25, -0.2) is 0 Å². The molecule has 16 heavy (non-hydrogen) atoms. The Labute approximate surface area is 116 Å². The third-order valence-corrected chi connectivity index (χ3v) is 3.21. The summed E-state index contributed by atoms with van der Waals surface area (Å²) in [4.78, 5) is 0. The van der Waals surface area contributed by atoms with E-state index in [0.717, 1.165) is 10.9 Å². The van der Waals surface area contributed by atoms with Crippen LogP contribution in [0.2, 0.25) is 5.02 Å². The molecule has 0 saturated heterocycles. The number of hydrogen-bond acceptors (Lipinski definition) is 2. The maximum Gasteiger partial charge on any atom is 0.140 e. The van der Waals surface area contributed by atoms with Crippen LogP contribution in [0.1, 0.15) is 31.9 Å². The van der Waals surface area contributed by atoms with E-state index < -0.39 is 0 Å². The minimum atomic E-state index is -0.196. The highest BCUT2D eigenvalue weighted by Gasteiger charge is 2.17. The number of halogens is 3.